The van der Waals surface area contributed by atoms with Gasteiger partial charge in [0.1, 0.15) is 12.2 Å². The normalized spacial score (nSPS) is 68.6. The van der Waals surface area contributed by atoms with Crippen molar-refractivity contribution in [2.45, 2.75) is 36.7 Å². The highest BCUT2D eigenvalue weighted by molar-refractivity contribution is 7.50. The number of rotatable bonds is 0. The van der Waals surface area contributed by atoms with Gasteiger partial charge < -0.3 is 20.4 Å². The SMILES string of the molecule is C[C@]1(O)OC23OP(=O)(O2)O[C@]3(O)[C@@H](O)[C@@H]1O. The fourth-order valence-corrected chi connectivity index (χ4v) is 3.45. The molecule has 0 amide bonds. The van der Waals surface area contributed by atoms with Crippen LogP contribution >= 0.6 is 7.82 Å². The van der Waals surface area contributed by atoms with Crippen LogP contribution in [0.3, 0.4) is 0 Å². The molecule has 9 nitrogen and oxygen atoms in total. The molecule has 4 N–H and O–H groups in total. The Kier molecular flexibility index (Phi) is 1.73. The van der Waals surface area contributed by atoms with Gasteiger partial charge in [-0.25, -0.2) is 18.1 Å². The van der Waals surface area contributed by atoms with Gasteiger partial charge in [0.2, 0.25) is 0 Å². The molecule has 92 valence electrons. The number of phosphoric ester groups is 1. The van der Waals surface area contributed by atoms with Gasteiger partial charge in [0.05, 0.1) is 0 Å². The molecule has 0 aliphatic carbocycles. The van der Waals surface area contributed by atoms with Gasteiger partial charge in [-0.3, -0.25) is 4.74 Å². The van der Waals surface area contributed by atoms with Gasteiger partial charge in [-0.2, -0.15) is 0 Å². The molecule has 4 saturated heterocycles. The number of phosphoric acid groups is 1. The third-order valence-electron chi connectivity index (χ3n) is 2.74. The summed E-state index contributed by atoms with van der Waals surface area (Å²) in [6.07, 6.45) is -3.89. The zero-order valence-electron chi connectivity index (χ0n) is 7.93. The first-order valence-electron chi connectivity index (χ1n) is 4.38. The van der Waals surface area contributed by atoms with E-state index >= 15 is 0 Å². The first kappa shape index (κ1) is 11.0. The average molecular weight is 256 g/mol. The van der Waals surface area contributed by atoms with Crippen LogP contribution in [0.1, 0.15) is 6.92 Å². The molecule has 0 aromatic carbocycles. The van der Waals surface area contributed by atoms with Crippen LogP contribution < -0.4 is 0 Å². The average Bonchev–Trinajstić information content (AvgIpc) is 2.42. The standard InChI is InChI=1S/C6H9O9P/c1-4(9)2(7)3(8)5(10)6(12-4)14-16(11,13-5)15-6/h2-3,7-10H,1H3/t2-,3-,4-,5+,6?,16?/m0/s1. The van der Waals surface area contributed by atoms with E-state index in [4.69, 9.17) is 4.74 Å². The van der Waals surface area contributed by atoms with Crippen molar-refractivity contribution in [2.75, 3.05) is 0 Å². The van der Waals surface area contributed by atoms with E-state index < -0.39 is 37.6 Å². The molecule has 0 aromatic rings. The lowest BCUT2D eigenvalue weighted by atomic mass is 9.93. The Morgan fingerprint density at radius 2 is 1.69 bits per heavy atom. The highest BCUT2D eigenvalue weighted by atomic mass is 31.2. The summed E-state index contributed by atoms with van der Waals surface area (Å²) >= 11 is 0. The topological polar surface area (TPSA) is 135 Å². The molecular formula is C6H9O9P. The van der Waals surface area contributed by atoms with E-state index in [2.05, 4.69) is 13.6 Å². The molecule has 4 fully saturated rings. The molecule has 0 saturated carbocycles. The summed E-state index contributed by atoms with van der Waals surface area (Å²) in [7, 11) is -3.96. The zero-order valence-corrected chi connectivity index (χ0v) is 8.83. The molecular weight excluding hydrogens is 247 g/mol. The minimum Gasteiger partial charge on any atom is -0.385 e. The molecule has 2 bridgehead atoms. The number of aliphatic hydroxyl groups is 4. The fraction of sp³-hybridized carbons (Fsp3) is 1.00. The van der Waals surface area contributed by atoms with Gasteiger partial charge in [0, 0.05) is 0 Å². The summed E-state index contributed by atoms with van der Waals surface area (Å²) < 4.78 is 29.8. The van der Waals surface area contributed by atoms with Gasteiger partial charge in [-0.15, -0.1) is 0 Å². The lowest BCUT2D eigenvalue weighted by molar-refractivity contribution is -0.516. The van der Waals surface area contributed by atoms with Crippen molar-refractivity contribution in [3.63, 3.8) is 0 Å². The quantitative estimate of drug-likeness (QED) is 0.362. The summed E-state index contributed by atoms with van der Waals surface area (Å²) in [5.74, 6) is -7.25. The summed E-state index contributed by atoms with van der Waals surface area (Å²) in [5.41, 5.74) is 0. The molecule has 4 heterocycles. The van der Waals surface area contributed by atoms with Crippen molar-refractivity contribution in [1.29, 1.82) is 0 Å². The Balaban J connectivity index is 2.07. The second kappa shape index (κ2) is 2.51. The van der Waals surface area contributed by atoms with E-state index in [-0.39, 0.29) is 0 Å². The van der Waals surface area contributed by atoms with Crippen LogP contribution in [0, 0.1) is 0 Å². The summed E-state index contributed by atoms with van der Waals surface area (Å²) in [4.78, 5) is 0. The lowest BCUT2D eigenvalue weighted by Crippen LogP contribution is -2.75. The number of ether oxygens (including phenoxy) is 1. The molecule has 4 rings (SSSR count). The zero-order chi connectivity index (χ0) is 12.0. The third kappa shape index (κ3) is 0.969. The summed E-state index contributed by atoms with van der Waals surface area (Å²) in [5, 5.41) is 38.5. The smallest absolute Gasteiger partial charge is 0.385 e. The minimum atomic E-state index is -3.96. The van der Waals surface area contributed by atoms with Gasteiger partial charge in [-0.1, -0.05) is 0 Å². The summed E-state index contributed by atoms with van der Waals surface area (Å²) in [6, 6.07) is 0. The fourth-order valence-electron chi connectivity index (χ4n) is 1.88. The van der Waals surface area contributed by atoms with Gasteiger partial charge in [0.25, 0.3) is 5.79 Å². The van der Waals surface area contributed by atoms with E-state index in [1.807, 2.05) is 0 Å². The van der Waals surface area contributed by atoms with Crippen LogP contribution in [-0.4, -0.2) is 50.2 Å². The van der Waals surface area contributed by atoms with Crippen LogP contribution in [0.25, 0.3) is 0 Å². The highest BCUT2D eigenvalue weighted by Gasteiger charge is 2.88. The Morgan fingerprint density at radius 1 is 1.12 bits per heavy atom. The Bertz CT molecular complexity index is 397. The van der Waals surface area contributed by atoms with E-state index in [0.717, 1.165) is 6.92 Å². The Hall–Kier alpha value is -0.0900. The molecule has 10 heteroatoms. The first-order valence-corrected chi connectivity index (χ1v) is 5.84. The highest BCUT2D eigenvalue weighted by Crippen LogP contribution is 2.79. The van der Waals surface area contributed by atoms with Crippen molar-refractivity contribution in [1.82, 2.24) is 0 Å². The Morgan fingerprint density at radius 3 is 2.25 bits per heavy atom. The van der Waals surface area contributed by atoms with Crippen LogP contribution in [0.2, 0.25) is 0 Å². The van der Waals surface area contributed by atoms with E-state index in [1.165, 1.54) is 0 Å². The van der Waals surface area contributed by atoms with Crippen molar-refractivity contribution in [3.05, 3.63) is 0 Å². The third-order valence-corrected chi connectivity index (χ3v) is 4.17. The predicted octanol–water partition coefficient (Wildman–Crippen LogP) is -2.03. The van der Waals surface area contributed by atoms with Gasteiger partial charge in [-0.05, 0) is 6.92 Å². The monoisotopic (exact) mass is 256 g/mol. The van der Waals surface area contributed by atoms with Gasteiger partial charge in [0.15, 0.2) is 5.79 Å². The maximum Gasteiger partial charge on any atom is 0.486 e. The molecule has 4 aliphatic heterocycles. The van der Waals surface area contributed by atoms with Crippen LogP contribution in [-0.2, 0) is 22.9 Å². The van der Waals surface area contributed by atoms with E-state index in [9.17, 15) is 25.0 Å². The van der Waals surface area contributed by atoms with Crippen molar-refractivity contribution in [2.24, 2.45) is 0 Å². The molecule has 16 heavy (non-hydrogen) atoms. The van der Waals surface area contributed by atoms with Crippen molar-refractivity contribution >= 4 is 7.82 Å². The number of hydrogen-bond donors (Lipinski definition) is 4. The van der Waals surface area contributed by atoms with Crippen molar-refractivity contribution in [3.8, 4) is 0 Å². The van der Waals surface area contributed by atoms with Gasteiger partial charge >= 0.3 is 13.8 Å². The largest absolute Gasteiger partial charge is 0.486 e. The number of aliphatic hydroxyl groups excluding tert-OH is 2. The molecule has 0 radical (unpaired) electrons. The first-order chi connectivity index (χ1) is 7.14. The lowest BCUT2D eigenvalue weighted by Gasteiger charge is -2.50. The predicted molar refractivity (Wildman–Crippen MR) is 42.3 cm³/mol. The maximum atomic E-state index is 11.3. The maximum absolute atomic E-state index is 11.3. The molecule has 0 unspecified atom stereocenters. The number of hydrogen-bond acceptors (Lipinski definition) is 9. The van der Waals surface area contributed by atoms with E-state index in [1.54, 1.807) is 0 Å². The van der Waals surface area contributed by atoms with Crippen molar-refractivity contribution < 1.29 is 43.3 Å². The molecule has 4 aliphatic rings. The van der Waals surface area contributed by atoms with E-state index in [0.29, 0.717) is 0 Å². The second-order valence-corrected chi connectivity index (χ2v) is 5.46. The summed E-state index contributed by atoms with van der Waals surface area (Å²) in [6.45, 7) is 1.02. The molecule has 0 aromatic heterocycles. The minimum absolute atomic E-state index is 1.02. The van der Waals surface area contributed by atoms with Crippen LogP contribution in [0.15, 0.2) is 0 Å². The second-order valence-electron chi connectivity index (χ2n) is 4.02. The van der Waals surface area contributed by atoms with Crippen LogP contribution in [0.4, 0.5) is 0 Å². The Labute approximate surface area is 88.7 Å². The molecule has 4 atom stereocenters. The molecule has 1 spiro atoms. The van der Waals surface area contributed by atoms with Crippen LogP contribution in [0.5, 0.6) is 0 Å².